The van der Waals surface area contributed by atoms with Crippen molar-refractivity contribution in [3.8, 4) is 11.4 Å². The quantitative estimate of drug-likeness (QED) is 0.308. The lowest BCUT2D eigenvalue weighted by molar-refractivity contribution is -0.140. The van der Waals surface area contributed by atoms with Gasteiger partial charge in [0.25, 0.3) is 0 Å². The molecule has 0 radical (unpaired) electrons. The SMILES string of the molecule is CN=C1CCN(c2ccc(-c3nc(C(F)(F)F)cn3C)cn2)C(C)\C1=C(N)/C(C)=C(/N=C\N=CC1CC1)OC. The molecule has 39 heavy (non-hydrogen) atoms. The van der Waals surface area contributed by atoms with Crippen molar-refractivity contribution in [2.45, 2.75) is 45.3 Å². The van der Waals surface area contributed by atoms with E-state index in [2.05, 4.69) is 29.8 Å². The largest absolute Gasteiger partial charge is 0.481 e. The monoisotopic (exact) mass is 542 g/mol. The van der Waals surface area contributed by atoms with E-state index < -0.39 is 11.9 Å². The van der Waals surface area contributed by atoms with Crippen LogP contribution in [-0.4, -0.2) is 59.5 Å². The zero-order valence-electron chi connectivity index (χ0n) is 22.7. The number of piperidine rings is 1. The fourth-order valence-corrected chi connectivity index (χ4v) is 4.55. The Bertz CT molecular complexity index is 1350. The number of nitrogens with zero attached hydrogens (tertiary/aromatic N) is 7. The maximum absolute atomic E-state index is 13.1. The number of ether oxygens (including phenoxy) is 1. The average molecular weight is 543 g/mol. The fourth-order valence-electron chi connectivity index (χ4n) is 4.55. The van der Waals surface area contributed by atoms with Gasteiger partial charge in [-0.3, -0.25) is 4.99 Å². The second kappa shape index (κ2) is 11.4. The third-order valence-electron chi connectivity index (χ3n) is 6.89. The lowest BCUT2D eigenvalue weighted by Crippen LogP contribution is -2.45. The maximum atomic E-state index is 13.1. The minimum absolute atomic E-state index is 0.188. The molecule has 1 atom stereocenters. The Labute approximate surface area is 225 Å². The van der Waals surface area contributed by atoms with Crippen LogP contribution in [0, 0.1) is 5.92 Å². The summed E-state index contributed by atoms with van der Waals surface area (Å²) in [5.41, 5.74) is 9.13. The number of allylic oxidation sites excluding steroid dienone is 1. The molecule has 1 saturated carbocycles. The lowest BCUT2D eigenvalue weighted by Gasteiger charge is -2.38. The number of methoxy groups -OCH3 is 1. The number of hydrogen-bond acceptors (Lipinski definition) is 7. The van der Waals surface area contributed by atoms with Gasteiger partial charge < -0.3 is 19.9 Å². The molecule has 2 N–H and O–H groups in total. The minimum Gasteiger partial charge on any atom is -0.481 e. The number of nitrogens with two attached hydrogens (primary N) is 1. The van der Waals surface area contributed by atoms with Crippen molar-refractivity contribution in [2.24, 2.45) is 33.7 Å². The van der Waals surface area contributed by atoms with Crippen molar-refractivity contribution < 1.29 is 17.9 Å². The van der Waals surface area contributed by atoms with Gasteiger partial charge in [0.15, 0.2) is 5.69 Å². The van der Waals surface area contributed by atoms with Gasteiger partial charge in [-0.25, -0.2) is 20.0 Å². The van der Waals surface area contributed by atoms with Crippen LogP contribution in [0.2, 0.25) is 0 Å². The van der Waals surface area contributed by atoms with Crippen LogP contribution in [0.1, 0.15) is 38.8 Å². The van der Waals surface area contributed by atoms with E-state index in [1.807, 2.05) is 20.1 Å². The number of rotatable bonds is 7. The van der Waals surface area contributed by atoms with Crippen molar-refractivity contribution in [3.63, 3.8) is 0 Å². The predicted octanol–water partition coefficient (Wildman–Crippen LogP) is 4.77. The van der Waals surface area contributed by atoms with Crippen LogP contribution in [0.4, 0.5) is 19.0 Å². The van der Waals surface area contributed by atoms with Gasteiger partial charge in [-0.2, -0.15) is 13.2 Å². The van der Waals surface area contributed by atoms with E-state index in [1.54, 1.807) is 19.2 Å². The summed E-state index contributed by atoms with van der Waals surface area (Å²) in [5.74, 6) is 1.76. The number of imidazole rings is 1. The average Bonchev–Trinajstić information content (AvgIpc) is 3.65. The molecular weight excluding hydrogens is 509 g/mol. The highest BCUT2D eigenvalue weighted by Gasteiger charge is 2.35. The first-order valence-electron chi connectivity index (χ1n) is 12.7. The van der Waals surface area contributed by atoms with Gasteiger partial charge in [0, 0.05) is 73.8 Å². The number of anilines is 1. The summed E-state index contributed by atoms with van der Waals surface area (Å²) < 4.78 is 46.1. The molecule has 1 aliphatic carbocycles. The van der Waals surface area contributed by atoms with E-state index in [0.29, 0.717) is 47.4 Å². The maximum Gasteiger partial charge on any atom is 0.434 e. The molecule has 2 aliphatic rings. The number of hydrogen-bond donors (Lipinski definition) is 1. The third-order valence-corrected chi connectivity index (χ3v) is 6.89. The fraction of sp³-hybridized carbons (Fsp3) is 0.444. The molecule has 1 saturated heterocycles. The summed E-state index contributed by atoms with van der Waals surface area (Å²) in [5, 5.41) is 0. The standard InChI is InChI=1S/C27H33F3N8O/c1-16(26(39-5)35-15-33-12-18-6-7-18)24(31)23-17(2)38(11-10-20(23)32-3)22-9-8-19(13-34-22)25-36-21(14-37(25)4)27(28,29)30/h8-9,12-15,17-18H,6-7,10-11,31H2,1-5H3/b24-23-,26-16-,32-20?,33-12?,35-15-. The lowest BCUT2D eigenvalue weighted by atomic mass is 9.90. The van der Waals surface area contributed by atoms with E-state index in [-0.39, 0.29) is 11.9 Å². The first-order chi connectivity index (χ1) is 18.5. The third kappa shape index (κ3) is 6.21. The molecule has 0 aromatic carbocycles. The van der Waals surface area contributed by atoms with Crippen molar-refractivity contribution in [1.29, 1.82) is 0 Å². The summed E-state index contributed by atoms with van der Waals surface area (Å²) in [6, 6.07) is 3.31. The summed E-state index contributed by atoms with van der Waals surface area (Å²) in [7, 11) is 4.80. The zero-order valence-corrected chi connectivity index (χ0v) is 22.7. The highest BCUT2D eigenvalue weighted by molar-refractivity contribution is 6.04. The van der Waals surface area contributed by atoms with Gasteiger partial charge in [-0.05, 0) is 44.7 Å². The summed E-state index contributed by atoms with van der Waals surface area (Å²) in [4.78, 5) is 23.5. The molecule has 0 spiro atoms. The Kier molecular flexibility index (Phi) is 8.22. The van der Waals surface area contributed by atoms with Gasteiger partial charge in [-0.1, -0.05) is 0 Å². The van der Waals surface area contributed by atoms with Crippen LogP contribution in [0.3, 0.4) is 0 Å². The molecule has 4 rings (SSSR count). The van der Waals surface area contributed by atoms with Crippen LogP contribution in [0.15, 0.2) is 62.2 Å². The highest BCUT2D eigenvalue weighted by Crippen LogP contribution is 2.33. The second-order valence-electron chi connectivity index (χ2n) is 9.59. The topological polar surface area (TPSA) is 106 Å². The molecule has 2 aromatic heterocycles. The molecule has 0 amide bonds. The van der Waals surface area contributed by atoms with E-state index >= 15 is 0 Å². The molecule has 12 heteroatoms. The predicted molar refractivity (Wildman–Crippen MR) is 147 cm³/mol. The van der Waals surface area contributed by atoms with Crippen LogP contribution >= 0.6 is 0 Å². The van der Waals surface area contributed by atoms with Gasteiger partial charge >= 0.3 is 6.18 Å². The summed E-state index contributed by atoms with van der Waals surface area (Å²) in [6.07, 6.45) is 4.30. The van der Waals surface area contributed by atoms with Crippen molar-refractivity contribution >= 4 is 24.1 Å². The number of aromatic nitrogens is 3. The zero-order chi connectivity index (χ0) is 28.3. The van der Waals surface area contributed by atoms with Gasteiger partial charge in [0.2, 0.25) is 5.88 Å². The summed E-state index contributed by atoms with van der Waals surface area (Å²) >= 11 is 0. The molecule has 3 heterocycles. The highest BCUT2D eigenvalue weighted by atomic mass is 19.4. The number of alkyl halides is 3. The second-order valence-corrected chi connectivity index (χ2v) is 9.59. The normalized spacial score (nSPS) is 21.7. The van der Waals surface area contributed by atoms with Crippen LogP contribution < -0.4 is 10.6 Å². The molecule has 9 nitrogen and oxygen atoms in total. The molecule has 1 unspecified atom stereocenters. The van der Waals surface area contributed by atoms with Crippen molar-refractivity contribution in [3.05, 3.63) is 52.9 Å². The first-order valence-corrected chi connectivity index (χ1v) is 12.7. The Morgan fingerprint density at radius 3 is 2.56 bits per heavy atom. The minimum atomic E-state index is -4.52. The Hall–Kier alpha value is -3.96. The molecule has 0 bridgehead atoms. The smallest absolute Gasteiger partial charge is 0.434 e. The van der Waals surface area contributed by atoms with Crippen LogP contribution in [0.5, 0.6) is 0 Å². The molecule has 1 aliphatic heterocycles. The Balaban J connectivity index is 1.62. The number of aliphatic imine (C=N–C) groups is 3. The van der Waals surface area contributed by atoms with Crippen molar-refractivity contribution in [2.75, 3.05) is 25.6 Å². The van der Waals surface area contributed by atoms with Gasteiger partial charge in [0.05, 0.1) is 13.2 Å². The van der Waals surface area contributed by atoms with Gasteiger partial charge in [0.1, 0.15) is 18.0 Å². The number of aryl methyl sites for hydroxylation is 1. The van der Waals surface area contributed by atoms with E-state index in [0.717, 1.165) is 30.3 Å². The molecule has 2 aromatic rings. The van der Waals surface area contributed by atoms with Crippen LogP contribution in [-0.2, 0) is 18.0 Å². The van der Waals surface area contributed by atoms with E-state index in [1.165, 1.54) is 31.3 Å². The Morgan fingerprint density at radius 2 is 2.00 bits per heavy atom. The molecule has 208 valence electrons. The van der Waals surface area contributed by atoms with Gasteiger partial charge in [-0.15, -0.1) is 0 Å². The van der Waals surface area contributed by atoms with Crippen molar-refractivity contribution in [1.82, 2.24) is 14.5 Å². The van der Waals surface area contributed by atoms with E-state index in [9.17, 15) is 13.2 Å². The molecule has 2 fully saturated rings. The summed E-state index contributed by atoms with van der Waals surface area (Å²) in [6.45, 7) is 4.50. The molecular formula is C27H33F3N8O. The number of pyridine rings is 1. The van der Waals surface area contributed by atoms with Crippen LogP contribution in [0.25, 0.3) is 11.4 Å². The van der Waals surface area contributed by atoms with E-state index in [4.69, 9.17) is 10.5 Å². The Morgan fingerprint density at radius 1 is 1.26 bits per heavy atom. The first kappa shape index (κ1) is 28.1. The number of halogens is 3.